The van der Waals surface area contributed by atoms with E-state index in [4.69, 9.17) is 14.6 Å². The Morgan fingerprint density at radius 2 is 1.63 bits per heavy atom. The van der Waals surface area contributed by atoms with E-state index in [1.54, 1.807) is 9.80 Å². The Hall–Kier alpha value is -3.55. The standard InChI is InChI=1S/C30H36N2O6/c1-29(2,3)38-28(36)32-17-20-15-30(32,16-20)19-31(14-8-13-26(33)34)27(35)37-18-25-23-11-6-4-9-21(23)22-10-5-7-12-24(22)25/h4-7,9-12,20,25H,8,13-19H2,1-3H3,(H,33,34). The van der Waals surface area contributed by atoms with Crippen molar-refractivity contribution in [3.05, 3.63) is 59.7 Å². The van der Waals surface area contributed by atoms with Gasteiger partial charge in [0.1, 0.15) is 12.2 Å². The molecule has 38 heavy (non-hydrogen) atoms. The quantitative estimate of drug-likeness (QED) is 0.494. The maximum Gasteiger partial charge on any atom is 0.410 e. The van der Waals surface area contributed by atoms with Crippen LogP contribution in [0.15, 0.2) is 48.5 Å². The molecule has 2 aliphatic carbocycles. The summed E-state index contributed by atoms with van der Waals surface area (Å²) < 4.78 is 11.6. The molecule has 0 spiro atoms. The second-order valence-electron chi connectivity index (χ2n) is 11.8. The summed E-state index contributed by atoms with van der Waals surface area (Å²) in [4.78, 5) is 41.0. The number of amides is 2. The van der Waals surface area contributed by atoms with Gasteiger partial charge in [0.2, 0.25) is 0 Å². The first-order valence-electron chi connectivity index (χ1n) is 13.4. The molecular weight excluding hydrogens is 484 g/mol. The highest BCUT2D eigenvalue weighted by atomic mass is 16.6. The molecule has 202 valence electrons. The lowest BCUT2D eigenvalue weighted by atomic mass is 9.73. The van der Waals surface area contributed by atoms with Gasteiger partial charge in [-0.3, -0.25) is 4.79 Å². The highest BCUT2D eigenvalue weighted by Crippen LogP contribution is 2.51. The van der Waals surface area contributed by atoms with Gasteiger partial charge < -0.3 is 24.4 Å². The lowest BCUT2D eigenvalue weighted by molar-refractivity contribution is -0.137. The zero-order valence-corrected chi connectivity index (χ0v) is 22.3. The topological polar surface area (TPSA) is 96.4 Å². The first-order valence-corrected chi connectivity index (χ1v) is 13.4. The second kappa shape index (κ2) is 9.97. The minimum Gasteiger partial charge on any atom is -0.481 e. The van der Waals surface area contributed by atoms with Gasteiger partial charge in [0.15, 0.2) is 0 Å². The third-order valence-electron chi connectivity index (χ3n) is 7.86. The largest absolute Gasteiger partial charge is 0.481 e. The zero-order valence-electron chi connectivity index (χ0n) is 22.3. The molecule has 2 heterocycles. The Morgan fingerprint density at radius 3 is 2.21 bits per heavy atom. The van der Waals surface area contributed by atoms with Crippen LogP contribution in [-0.2, 0) is 14.3 Å². The summed E-state index contributed by atoms with van der Waals surface area (Å²) in [6.07, 6.45) is 1.03. The van der Waals surface area contributed by atoms with E-state index < -0.39 is 23.2 Å². The first-order chi connectivity index (χ1) is 18.1. The van der Waals surface area contributed by atoms with Crippen LogP contribution in [0.5, 0.6) is 0 Å². The van der Waals surface area contributed by atoms with Crippen molar-refractivity contribution in [2.75, 3.05) is 26.2 Å². The molecular formula is C30H36N2O6. The molecule has 2 saturated heterocycles. The number of nitrogens with zero attached hydrogens (tertiary/aromatic N) is 2. The van der Waals surface area contributed by atoms with E-state index in [0.717, 1.165) is 35.1 Å². The number of hydrogen-bond acceptors (Lipinski definition) is 5. The van der Waals surface area contributed by atoms with Crippen molar-refractivity contribution in [2.45, 2.75) is 63.5 Å². The Labute approximate surface area is 223 Å². The summed E-state index contributed by atoms with van der Waals surface area (Å²) >= 11 is 0. The van der Waals surface area contributed by atoms with Crippen LogP contribution >= 0.6 is 0 Å². The average molecular weight is 521 g/mol. The number of carbonyl (C=O) groups is 3. The summed E-state index contributed by atoms with van der Waals surface area (Å²) in [5.41, 5.74) is 3.46. The van der Waals surface area contributed by atoms with E-state index in [2.05, 4.69) is 24.3 Å². The molecule has 1 N–H and O–H groups in total. The molecule has 8 heteroatoms. The summed E-state index contributed by atoms with van der Waals surface area (Å²) in [5, 5.41) is 9.16. The van der Waals surface area contributed by atoms with Crippen LogP contribution in [0.25, 0.3) is 11.1 Å². The number of carboxylic acids is 1. The van der Waals surface area contributed by atoms with E-state index in [1.165, 1.54) is 0 Å². The van der Waals surface area contributed by atoms with E-state index in [9.17, 15) is 14.4 Å². The average Bonchev–Trinajstić information content (AvgIpc) is 3.48. The number of ether oxygens (including phenoxy) is 2. The fraction of sp³-hybridized carbons (Fsp3) is 0.500. The van der Waals surface area contributed by atoms with Gasteiger partial charge in [0.25, 0.3) is 0 Å². The number of carbonyl (C=O) groups excluding carboxylic acids is 2. The van der Waals surface area contributed by atoms with Crippen LogP contribution < -0.4 is 0 Å². The molecule has 0 unspecified atom stereocenters. The fourth-order valence-corrected chi connectivity index (χ4v) is 6.31. The van der Waals surface area contributed by atoms with Gasteiger partial charge in [0.05, 0.1) is 5.54 Å². The minimum atomic E-state index is -0.907. The third kappa shape index (κ3) is 5.08. The molecule has 3 fully saturated rings. The summed E-state index contributed by atoms with van der Waals surface area (Å²) in [6.45, 7) is 6.87. The second-order valence-corrected chi connectivity index (χ2v) is 11.8. The molecule has 2 amide bonds. The number of benzene rings is 2. The van der Waals surface area contributed by atoms with E-state index in [0.29, 0.717) is 25.4 Å². The predicted molar refractivity (Wildman–Crippen MR) is 142 cm³/mol. The SMILES string of the molecule is CC(C)(C)OC(=O)N1CC2CC1(CN(CCCC(=O)O)C(=O)OCC1c3ccccc3-c3ccccc31)C2. The van der Waals surface area contributed by atoms with Crippen LogP contribution in [0.2, 0.25) is 0 Å². The lowest BCUT2D eigenvalue weighted by Gasteiger charge is -2.45. The summed E-state index contributed by atoms with van der Waals surface area (Å²) in [5.74, 6) is -0.579. The van der Waals surface area contributed by atoms with Gasteiger partial charge in [0, 0.05) is 32.0 Å². The Balaban J connectivity index is 1.31. The van der Waals surface area contributed by atoms with Crippen molar-refractivity contribution in [1.82, 2.24) is 9.80 Å². The van der Waals surface area contributed by atoms with Gasteiger partial charge in [-0.15, -0.1) is 0 Å². The molecule has 2 aromatic rings. The van der Waals surface area contributed by atoms with Crippen molar-refractivity contribution in [1.29, 1.82) is 0 Å². The smallest absolute Gasteiger partial charge is 0.410 e. The highest BCUT2D eigenvalue weighted by molar-refractivity contribution is 5.79. The number of carboxylic acid groups (broad SMARTS) is 1. The Kier molecular flexibility index (Phi) is 6.84. The summed E-state index contributed by atoms with van der Waals surface area (Å²) in [7, 11) is 0. The number of hydrogen-bond donors (Lipinski definition) is 1. The van der Waals surface area contributed by atoms with Crippen LogP contribution in [0, 0.1) is 5.92 Å². The molecule has 2 aliphatic heterocycles. The maximum atomic E-state index is 13.5. The Morgan fingerprint density at radius 1 is 1.03 bits per heavy atom. The monoisotopic (exact) mass is 520 g/mol. The van der Waals surface area contributed by atoms with Crippen molar-refractivity contribution in [2.24, 2.45) is 5.92 Å². The molecule has 1 saturated carbocycles. The van der Waals surface area contributed by atoms with Gasteiger partial charge in [-0.1, -0.05) is 48.5 Å². The van der Waals surface area contributed by atoms with Gasteiger partial charge in [-0.2, -0.15) is 0 Å². The van der Waals surface area contributed by atoms with Gasteiger partial charge in [-0.25, -0.2) is 9.59 Å². The van der Waals surface area contributed by atoms with Crippen LogP contribution in [0.4, 0.5) is 9.59 Å². The number of rotatable bonds is 8. The first kappa shape index (κ1) is 26.1. The molecule has 8 nitrogen and oxygen atoms in total. The number of fused-ring (bicyclic) bond motifs is 4. The van der Waals surface area contributed by atoms with Crippen molar-refractivity contribution >= 4 is 18.2 Å². The molecule has 0 atom stereocenters. The lowest BCUT2D eigenvalue weighted by Crippen LogP contribution is -2.57. The molecule has 0 aromatic heterocycles. The maximum absolute atomic E-state index is 13.5. The van der Waals surface area contributed by atoms with Gasteiger partial charge in [-0.05, 0) is 68.2 Å². The summed E-state index contributed by atoms with van der Waals surface area (Å²) in [6, 6.07) is 16.3. The van der Waals surface area contributed by atoms with Crippen molar-refractivity contribution < 1.29 is 29.0 Å². The highest BCUT2D eigenvalue weighted by Gasteiger charge is 2.59. The molecule has 4 aliphatic rings. The van der Waals surface area contributed by atoms with Crippen LogP contribution in [0.1, 0.15) is 63.5 Å². The van der Waals surface area contributed by atoms with Crippen molar-refractivity contribution in [3.63, 3.8) is 0 Å². The fourth-order valence-electron chi connectivity index (χ4n) is 6.31. The molecule has 6 rings (SSSR count). The normalized spacial score (nSPS) is 21.3. The van der Waals surface area contributed by atoms with Crippen LogP contribution in [0.3, 0.4) is 0 Å². The van der Waals surface area contributed by atoms with E-state index in [1.807, 2.05) is 45.0 Å². The van der Waals surface area contributed by atoms with Gasteiger partial charge >= 0.3 is 18.2 Å². The van der Waals surface area contributed by atoms with E-state index >= 15 is 0 Å². The van der Waals surface area contributed by atoms with E-state index in [-0.39, 0.29) is 31.6 Å². The van der Waals surface area contributed by atoms with Crippen LogP contribution in [-0.4, -0.2) is 70.4 Å². The number of aliphatic carboxylic acids is 1. The third-order valence-corrected chi connectivity index (χ3v) is 7.86. The minimum absolute atomic E-state index is 0.0431. The molecule has 2 bridgehead atoms. The zero-order chi connectivity index (χ0) is 27.1. The predicted octanol–water partition coefficient (Wildman–Crippen LogP) is 5.50. The van der Waals surface area contributed by atoms with Crippen molar-refractivity contribution in [3.8, 4) is 11.1 Å². The Bertz CT molecular complexity index is 1180. The molecule has 2 aromatic carbocycles. The molecule has 0 radical (unpaired) electrons.